The second kappa shape index (κ2) is 14.5. The molecule has 0 fully saturated rings. The summed E-state index contributed by atoms with van der Waals surface area (Å²) in [6, 6.07) is 20.0. The van der Waals surface area contributed by atoms with Crippen LogP contribution in [0.5, 0.6) is 0 Å². The maximum atomic E-state index is 12.7. The van der Waals surface area contributed by atoms with Crippen LogP contribution in [-0.4, -0.2) is 42.0 Å². The Morgan fingerprint density at radius 1 is 0.950 bits per heavy atom. The third-order valence-corrected chi connectivity index (χ3v) is 8.77. The van der Waals surface area contributed by atoms with Gasteiger partial charge in [0.1, 0.15) is 18.2 Å². The van der Waals surface area contributed by atoms with Crippen molar-refractivity contribution >= 4 is 52.5 Å². The summed E-state index contributed by atoms with van der Waals surface area (Å²) >= 11 is 4.36. The lowest BCUT2D eigenvalue weighted by atomic mass is 10.1. The molecule has 208 valence electrons. The van der Waals surface area contributed by atoms with Gasteiger partial charge in [-0.25, -0.2) is 20.0 Å². The van der Waals surface area contributed by atoms with Crippen molar-refractivity contribution in [1.29, 1.82) is 0 Å². The highest BCUT2D eigenvalue weighted by Crippen LogP contribution is 2.39. The van der Waals surface area contributed by atoms with Gasteiger partial charge in [0.15, 0.2) is 0 Å². The van der Waals surface area contributed by atoms with Crippen molar-refractivity contribution in [2.24, 2.45) is 0 Å². The van der Waals surface area contributed by atoms with Crippen LogP contribution in [0.1, 0.15) is 26.5 Å². The fourth-order valence-corrected chi connectivity index (χ4v) is 6.34. The number of aromatic nitrogens is 1. The molecule has 40 heavy (non-hydrogen) atoms. The molecular weight excluding hydrogens is 569 g/mol. The molecule has 9 nitrogen and oxygen atoms in total. The van der Waals surface area contributed by atoms with Gasteiger partial charge in [0, 0.05) is 16.6 Å². The van der Waals surface area contributed by atoms with E-state index in [0.29, 0.717) is 11.3 Å². The Labute approximate surface area is 244 Å². The van der Waals surface area contributed by atoms with Crippen LogP contribution in [0, 0.1) is 6.92 Å². The van der Waals surface area contributed by atoms with Crippen LogP contribution in [0.2, 0.25) is 0 Å². The molecule has 4 rings (SSSR count). The van der Waals surface area contributed by atoms with E-state index in [1.165, 1.54) is 34.4 Å². The van der Waals surface area contributed by atoms with Crippen LogP contribution in [0.3, 0.4) is 0 Å². The van der Waals surface area contributed by atoms with E-state index >= 15 is 0 Å². The number of nitrogens with one attached hydrogen (secondary N) is 3. The van der Waals surface area contributed by atoms with Crippen molar-refractivity contribution in [3.8, 4) is 10.6 Å². The number of hydrogen-bond acceptors (Lipinski definition) is 9. The van der Waals surface area contributed by atoms with E-state index in [2.05, 4.69) is 21.2 Å². The van der Waals surface area contributed by atoms with Gasteiger partial charge in [-0.05, 0) is 36.8 Å². The lowest BCUT2D eigenvalue weighted by Crippen LogP contribution is -2.45. The van der Waals surface area contributed by atoms with Crippen LogP contribution >= 0.6 is 34.4 Å². The molecule has 1 atom stereocenters. The van der Waals surface area contributed by atoms with Crippen molar-refractivity contribution in [2.45, 2.75) is 30.2 Å². The molecule has 0 spiro atoms. The van der Waals surface area contributed by atoms with Gasteiger partial charge in [-0.1, -0.05) is 60.7 Å². The summed E-state index contributed by atoms with van der Waals surface area (Å²) in [5.74, 6) is -0.472. The van der Waals surface area contributed by atoms with Crippen molar-refractivity contribution in [1.82, 2.24) is 21.2 Å². The number of thiophene rings is 1. The van der Waals surface area contributed by atoms with Gasteiger partial charge in [0.25, 0.3) is 5.91 Å². The van der Waals surface area contributed by atoms with Crippen molar-refractivity contribution in [2.75, 3.05) is 12.9 Å². The molecule has 0 aliphatic heterocycles. The van der Waals surface area contributed by atoms with E-state index in [0.717, 1.165) is 31.6 Å². The summed E-state index contributed by atoms with van der Waals surface area (Å²) in [7, 11) is 0. The summed E-state index contributed by atoms with van der Waals surface area (Å²) in [6.45, 7) is 1.89. The van der Waals surface area contributed by atoms with Gasteiger partial charge >= 0.3 is 12.2 Å². The Bertz CT molecular complexity index is 1430. The predicted molar refractivity (Wildman–Crippen MR) is 158 cm³/mol. The Morgan fingerprint density at radius 3 is 2.30 bits per heavy atom. The zero-order valence-corrected chi connectivity index (χ0v) is 24.3. The first-order chi connectivity index (χ1) is 19.4. The standard InChI is InChI=1S/C28H28N4O5S3/c1-18-17-39-25(29-18)22-14-23(40-26(22)38-2)24(33)31-32-28(35)37-16-21(13-19-9-5-3-6-10-19)30-27(34)36-15-20-11-7-4-8-12-20/h3-12,14,17,21H,13,15-16H2,1-2H3,(H,30,34)(H,31,33)(H,32,35). The van der Waals surface area contributed by atoms with Crippen LogP contribution in [0.25, 0.3) is 10.6 Å². The molecular formula is C28H28N4O5S3. The fourth-order valence-electron chi connectivity index (χ4n) is 3.63. The first-order valence-electron chi connectivity index (χ1n) is 12.3. The number of aryl methyl sites for hydroxylation is 1. The zero-order chi connectivity index (χ0) is 28.3. The molecule has 0 aliphatic rings. The lowest BCUT2D eigenvalue weighted by Gasteiger charge is -2.19. The number of carbonyl (C=O) groups is 3. The first-order valence-corrected chi connectivity index (χ1v) is 15.2. The summed E-state index contributed by atoms with van der Waals surface area (Å²) in [4.78, 5) is 42.5. The summed E-state index contributed by atoms with van der Waals surface area (Å²) in [5, 5.41) is 5.55. The van der Waals surface area contributed by atoms with Crippen LogP contribution in [0.15, 0.2) is 76.3 Å². The smallest absolute Gasteiger partial charge is 0.426 e. The number of thioether (sulfide) groups is 1. The number of carbonyl (C=O) groups excluding carboxylic acids is 3. The van der Waals surface area contributed by atoms with Crippen LogP contribution in [0.4, 0.5) is 9.59 Å². The monoisotopic (exact) mass is 596 g/mol. The molecule has 2 aromatic carbocycles. The van der Waals surface area contributed by atoms with Crippen LogP contribution in [-0.2, 0) is 22.5 Å². The van der Waals surface area contributed by atoms with Gasteiger partial charge in [0.05, 0.1) is 15.1 Å². The highest BCUT2D eigenvalue weighted by molar-refractivity contribution is 8.00. The molecule has 0 radical (unpaired) electrons. The number of ether oxygens (including phenoxy) is 2. The number of benzene rings is 2. The predicted octanol–water partition coefficient (Wildman–Crippen LogP) is 5.81. The molecule has 3 amide bonds. The van der Waals surface area contributed by atoms with Gasteiger partial charge in [-0.15, -0.1) is 34.4 Å². The Morgan fingerprint density at radius 2 is 1.65 bits per heavy atom. The van der Waals surface area contributed by atoms with Crippen LogP contribution < -0.4 is 16.2 Å². The topological polar surface area (TPSA) is 119 Å². The molecule has 0 bridgehead atoms. The molecule has 3 N–H and O–H groups in total. The van der Waals surface area contributed by atoms with Crippen molar-refractivity contribution in [3.05, 3.63) is 93.8 Å². The molecule has 0 saturated carbocycles. The van der Waals surface area contributed by atoms with E-state index in [-0.39, 0.29) is 13.2 Å². The van der Waals surface area contributed by atoms with E-state index in [1.54, 1.807) is 6.07 Å². The normalized spacial score (nSPS) is 11.3. The van der Waals surface area contributed by atoms with Crippen molar-refractivity contribution in [3.63, 3.8) is 0 Å². The maximum absolute atomic E-state index is 12.7. The molecule has 4 aromatic rings. The minimum absolute atomic E-state index is 0.114. The SMILES string of the molecule is CSc1sc(C(=O)NNC(=O)OCC(Cc2ccccc2)NC(=O)OCc2ccccc2)cc1-c1nc(C)cs1. The molecule has 0 aliphatic carbocycles. The fraction of sp³-hybridized carbons (Fsp3) is 0.214. The second-order valence-corrected chi connectivity index (χ2v) is 11.6. The van der Waals surface area contributed by atoms with E-state index in [4.69, 9.17) is 9.47 Å². The summed E-state index contributed by atoms with van der Waals surface area (Å²) in [6.07, 6.45) is 0.857. The maximum Gasteiger partial charge on any atom is 0.426 e. The number of hydrazine groups is 1. The largest absolute Gasteiger partial charge is 0.446 e. The summed E-state index contributed by atoms with van der Waals surface area (Å²) < 4.78 is 11.6. The quantitative estimate of drug-likeness (QED) is 0.156. The average molecular weight is 597 g/mol. The molecule has 2 aromatic heterocycles. The number of hydrogen-bond donors (Lipinski definition) is 3. The number of alkyl carbamates (subject to hydrolysis) is 1. The Kier molecular flexibility index (Phi) is 10.6. The minimum atomic E-state index is -0.858. The van der Waals surface area contributed by atoms with Gasteiger partial charge < -0.3 is 14.8 Å². The number of rotatable bonds is 10. The molecule has 2 heterocycles. The number of thiazole rings is 1. The average Bonchev–Trinajstić information content (AvgIpc) is 3.61. The highest BCUT2D eigenvalue weighted by Gasteiger charge is 2.20. The van der Waals surface area contributed by atoms with Gasteiger partial charge in [-0.2, -0.15) is 0 Å². The van der Waals surface area contributed by atoms with E-state index in [1.807, 2.05) is 79.2 Å². The molecule has 0 saturated heterocycles. The van der Waals surface area contributed by atoms with E-state index < -0.39 is 24.1 Å². The second-order valence-electron chi connectivity index (χ2n) is 8.58. The Balaban J connectivity index is 1.30. The zero-order valence-electron chi connectivity index (χ0n) is 21.8. The molecule has 1 unspecified atom stereocenters. The molecule has 12 heteroatoms. The van der Waals surface area contributed by atoms with Gasteiger partial charge in [-0.3, -0.25) is 10.2 Å². The van der Waals surface area contributed by atoms with E-state index in [9.17, 15) is 14.4 Å². The third-order valence-electron chi connectivity index (χ3n) is 5.51. The van der Waals surface area contributed by atoms with Gasteiger partial charge in [0.2, 0.25) is 0 Å². The lowest BCUT2D eigenvalue weighted by molar-refractivity contribution is 0.0901. The third kappa shape index (κ3) is 8.57. The minimum Gasteiger partial charge on any atom is -0.446 e. The van der Waals surface area contributed by atoms with Crippen molar-refractivity contribution < 1.29 is 23.9 Å². The highest BCUT2D eigenvalue weighted by atomic mass is 32.2. The first kappa shape index (κ1) is 29.1. The number of nitrogens with zero attached hydrogens (tertiary/aromatic N) is 1. The summed E-state index contributed by atoms with van der Waals surface area (Å²) in [5.41, 5.74) is 8.26. The Hall–Kier alpha value is -3.87. The number of amides is 3.